The lowest BCUT2D eigenvalue weighted by Crippen LogP contribution is -2.50. The number of hydrogen-bond donors (Lipinski definition) is 0. The summed E-state index contributed by atoms with van der Waals surface area (Å²) in [5.74, 6) is 1.52. The first-order valence-electron chi connectivity index (χ1n) is 10.8. The third kappa shape index (κ3) is 5.05. The normalized spacial score (nSPS) is 14.7. The van der Waals surface area contributed by atoms with Crippen molar-refractivity contribution in [1.29, 1.82) is 0 Å². The highest BCUT2D eigenvalue weighted by molar-refractivity contribution is 7.89. The van der Waals surface area contributed by atoms with Crippen LogP contribution in [0, 0.1) is 0 Å². The Labute approximate surface area is 198 Å². The lowest BCUT2D eigenvalue weighted by molar-refractivity contribution is -0.132. The van der Waals surface area contributed by atoms with E-state index in [1.807, 2.05) is 30.3 Å². The van der Waals surface area contributed by atoms with E-state index in [2.05, 4.69) is 10.2 Å². The molecule has 180 valence electrons. The van der Waals surface area contributed by atoms with Gasteiger partial charge in [-0.3, -0.25) is 4.79 Å². The summed E-state index contributed by atoms with van der Waals surface area (Å²) in [5.41, 5.74) is 0.819. The number of aryl methyl sites for hydroxylation is 1. The van der Waals surface area contributed by atoms with Crippen molar-refractivity contribution in [2.24, 2.45) is 0 Å². The predicted molar refractivity (Wildman–Crippen MR) is 123 cm³/mol. The highest BCUT2D eigenvalue weighted by Crippen LogP contribution is 2.31. The summed E-state index contributed by atoms with van der Waals surface area (Å²) in [6.45, 7) is 1.04. The molecule has 10 nitrogen and oxygen atoms in total. The smallest absolute Gasteiger partial charge is 0.247 e. The molecule has 0 bridgehead atoms. The monoisotopic (exact) mass is 486 g/mol. The SMILES string of the molecule is COc1ccc(S(=O)(=O)N2CCN(C(=O)CCc3nnc(-c4ccccc4)o3)CC2)cc1OC. The number of carbonyl (C=O) groups excluding carboxylic acids is 1. The minimum absolute atomic E-state index is 0.0809. The maximum atomic E-state index is 13.1. The van der Waals surface area contributed by atoms with Crippen molar-refractivity contribution in [3.8, 4) is 23.0 Å². The number of amides is 1. The minimum atomic E-state index is -3.72. The third-order valence-corrected chi connectivity index (χ3v) is 7.52. The largest absolute Gasteiger partial charge is 0.493 e. The number of methoxy groups -OCH3 is 2. The van der Waals surface area contributed by atoms with Crippen LogP contribution in [0.4, 0.5) is 0 Å². The molecule has 2 heterocycles. The second-order valence-corrected chi connectivity index (χ2v) is 9.61. The van der Waals surface area contributed by atoms with E-state index in [1.165, 1.54) is 30.7 Å². The maximum absolute atomic E-state index is 13.1. The molecule has 1 fully saturated rings. The fourth-order valence-electron chi connectivity index (χ4n) is 3.73. The van der Waals surface area contributed by atoms with Gasteiger partial charge in [-0.1, -0.05) is 18.2 Å². The van der Waals surface area contributed by atoms with Crippen molar-refractivity contribution in [2.75, 3.05) is 40.4 Å². The predicted octanol–water partition coefficient (Wildman–Crippen LogP) is 2.22. The summed E-state index contributed by atoms with van der Waals surface area (Å²) in [4.78, 5) is 14.4. The first kappa shape index (κ1) is 23.7. The molecule has 1 amide bonds. The first-order chi connectivity index (χ1) is 16.4. The zero-order valence-electron chi connectivity index (χ0n) is 19.0. The van der Waals surface area contributed by atoms with Gasteiger partial charge in [0.1, 0.15) is 0 Å². The average Bonchev–Trinajstić information content (AvgIpc) is 3.36. The number of piperazine rings is 1. The molecule has 0 N–H and O–H groups in total. The summed E-state index contributed by atoms with van der Waals surface area (Å²) < 4.78 is 43.5. The standard InChI is InChI=1S/C23H26N4O6S/c1-31-19-9-8-18(16-20(19)32-2)34(29,30)27-14-12-26(13-15-27)22(28)11-10-21-24-25-23(33-21)17-6-4-3-5-7-17/h3-9,16H,10-15H2,1-2H3. The minimum Gasteiger partial charge on any atom is -0.493 e. The van der Waals surface area contributed by atoms with Crippen LogP contribution in [0.3, 0.4) is 0 Å². The van der Waals surface area contributed by atoms with Gasteiger partial charge in [0, 0.05) is 50.7 Å². The molecule has 0 spiro atoms. The molecule has 1 aliphatic rings. The lowest BCUT2D eigenvalue weighted by Gasteiger charge is -2.34. The summed E-state index contributed by atoms with van der Waals surface area (Å²) in [6.07, 6.45) is 0.529. The molecule has 1 aliphatic heterocycles. The average molecular weight is 487 g/mol. The van der Waals surface area contributed by atoms with Crippen LogP contribution in [-0.2, 0) is 21.2 Å². The number of nitrogens with zero attached hydrogens (tertiary/aromatic N) is 4. The summed E-state index contributed by atoms with van der Waals surface area (Å²) >= 11 is 0. The number of ether oxygens (including phenoxy) is 2. The number of benzene rings is 2. The first-order valence-corrected chi connectivity index (χ1v) is 12.2. The van der Waals surface area contributed by atoms with Crippen molar-refractivity contribution in [3.05, 3.63) is 54.4 Å². The Morgan fingerprint density at radius 1 is 0.971 bits per heavy atom. The molecular formula is C23H26N4O6S. The molecule has 3 aromatic rings. The fourth-order valence-corrected chi connectivity index (χ4v) is 5.17. The Morgan fingerprint density at radius 3 is 2.35 bits per heavy atom. The Balaban J connectivity index is 1.32. The molecule has 0 aliphatic carbocycles. The Hall–Kier alpha value is -3.44. The summed E-state index contributed by atoms with van der Waals surface area (Å²) in [6, 6.07) is 13.9. The second kappa shape index (κ2) is 10.2. The van der Waals surface area contributed by atoms with Gasteiger partial charge < -0.3 is 18.8 Å². The van der Waals surface area contributed by atoms with E-state index in [-0.39, 0.29) is 30.3 Å². The van der Waals surface area contributed by atoms with E-state index in [9.17, 15) is 13.2 Å². The molecule has 0 atom stereocenters. The van der Waals surface area contributed by atoms with Crippen LogP contribution in [0.25, 0.3) is 11.5 Å². The number of carbonyl (C=O) groups is 1. The van der Waals surface area contributed by atoms with Crippen molar-refractivity contribution in [2.45, 2.75) is 17.7 Å². The molecule has 1 saturated heterocycles. The van der Waals surface area contributed by atoms with E-state index in [4.69, 9.17) is 13.9 Å². The van der Waals surface area contributed by atoms with E-state index >= 15 is 0 Å². The van der Waals surface area contributed by atoms with E-state index < -0.39 is 10.0 Å². The van der Waals surface area contributed by atoms with Crippen LogP contribution in [0.5, 0.6) is 11.5 Å². The molecule has 1 aromatic heterocycles. The number of aromatic nitrogens is 2. The highest BCUT2D eigenvalue weighted by Gasteiger charge is 2.30. The lowest BCUT2D eigenvalue weighted by atomic mass is 10.2. The van der Waals surface area contributed by atoms with Crippen molar-refractivity contribution >= 4 is 15.9 Å². The van der Waals surface area contributed by atoms with Gasteiger partial charge in [-0.05, 0) is 24.3 Å². The Kier molecular flexibility index (Phi) is 7.13. The highest BCUT2D eigenvalue weighted by atomic mass is 32.2. The van der Waals surface area contributed by atoms with Gasteiger partial charge in [0.05, 0.1) is 19.1 Å². The summed E-state index contributed by atoms with van der Waals surface area (Å²) in [7, 11) is -0.778. The molecule has 0 saturated carbocycles. The van der Waals surface area contributed by atoms with E-state index in [1.54, 1.807) is 11.0 Å². The molecule has 4 rings (SSSR count). The summed E-state index contributed by atoms with van der Waals surface area (Å²) in [5, 5.41) is 8.05. The second-order valence-electron chi connectivity index (χ2n) is 7.67. The van der Waals surface area contributed by atoms with Crippen LogP contribution in [0.1, 0.15) is 12.3 Å². The third-order valence-electron chi connectivity index (χ3n) is 5.62. The van der Waals surface area contributed by atoms with E-state index in [0.717, 1.165) is 5.56 Å². The molecule has 2 aromatic carbocycles. The number of hydrogen-bond acceptors (Lipinski definition) is 8. The molecule has 0 radical (unpaired) electrons. The quantitative estimate of drug-likeness (QED) is 0.476. The maximum Gasteiger partial charge on any atom is 0.247 e. The molecule has 11 heteroatoms. The zero-order valence-corrected chi connectivity index (χ0v) is 19.8. The van der Waals surface area contributed by atoms with Gasteiger partial charge in [-0.25, -0.2) is 8.42 Å². The van der Waals surface area contributed by atoms with Crippen LogP contribution in [0.2, 0.25) is 0 Å². The van der Waals surface area contributed by atoms with Gasteiger partial charge in [-0.2, -0.15) is 4.31 Å². The van der Waals surface area contributed by atoms with Crippen molar-refractivity contribution < 1.29 is 27.1 Å². The van der Waals surface area contributed by atoms with Crippen LogP contribution in [0.15, 0.2) is 57.8 Å². The van der Waals surface area contributed by atoms with Gasteiger partial charge >= 0.3 is 0 Å². The molecule has 0 unspecified atom stereocenters. The molecule has 34 heavy (non-hydrogen) atoms. The zero-order chi connectivity index (χ0) is 24.1. The van der Waals surface area contributed by atoms with Crippen molar-refractivity contribution in [3.63, 3.8) is 0 Å². The van der Waals surface area contributed by atoms with Crippen molar-refractivity contribution in [1.82, 2.24) is 19.4 Å². The topological polar surface area (TPSA) is 115 Å². The number of rotatable bonds is 8. The van der Waals surface area contributed by atoms with Crippen LogP contribution >= 0.6 is 0 Å². The number of sulfonamides is 1. The van der Waals surface area contributed by atoms with Gasteiger partial charge in [0.15, 0.2) is 11.5 Å². The van der Waals surface area contributed by atoms with Gasteiger partial charge in [-0.15, -0.1) is 10.2 Å². The van der Waals surface area contributed by atoms with Gasteiger partial charge in [0.2, 0.25) is 27.7 Å². The van der Waals surface area contributed by atoms with Gasteiger partial charge in [0.25, 0.3) is 0 Å². The Bertz CT molecular complexity index is 1240. The Morgan fingerprint density at radius 2 is 1.68 bits per heavy atom. The molecular weight excluding hydrogens is 460 g/mol. The fraction of sp³-hybridized carbons (Fsp3) is 0.348. The van der Waals surface area contributed by atoms with E-state index in [0.29, 0.717) is 42.8 Å². The van der Waals surface area contributed by atoms with Crippen LogP contribution in [-0.4, -0.2) is 74.1 Å². The van der Waals surface area contributed by atoms with Crippen LogP contribution < -0.4 is 9.47 Å².